The Morgan fingerprint density at radius 3 is 2.44 bits per heavy atom. The summed E-state index contributed by atoms with van der Waals surface area (Å²) in [6, 6.07) is 7.81. The van der Waals surface area contributed by atoms with E-state index in [4.69, 9.17) is 0 Å². The number of benzene rings is 1. The second-order valence-electron chi connectivity index (χ2n) is 3.90. The van der Waals surface area contributed by atoms with Gasteiger partial charge in [-0.1, -0.05) is 61.8 Å². The van der Waals surface area contributed by atoms with E-state index >= 15 is 0 Å². The Bertz CT molecular complexity index is 369. The smallest absolute Gasteiger partial charge is 0.160 e. The van der Waals surface area contributed by atoms with E-state index in [1.807, 2.05) is 24.3 Å². The third kappa shape index (κ3) is 6.48. The molecular weight excluding hydrogens is 393 g/mol. The SMILES string of the molecule is FC(F)(F)SCCC(CBr)Cc1ccccc1Br. The molecular formula is C12H13Br2F3S. The Kier molecular flexibility index (Phi) is 7.10. The van der Waals surface area contributed by atoms with Gasteiger partial charge in [-0.3, -0.25) is 0 Å². The monoisotopic (exact) mass is 404 g/mol. The maximum atomic E-state index is 12.0. The van der Waals surface area contributed by atoms with Gasteiger partial charge in [0.2, 0.25) is 0 Å². The zero-order valence-corrected chi connectivity index (χ0v) is 13.5. The van der Waals surface area contributed by atoms with Crippen LogP contribution in [0.3, 0.4) is 0 Å². The Balaban J connectivity index is 2.45. The highest BCUT2D eigenvalue weighted by Gasteiger charge is 2.28. The summed E-state index contributed by atoms with van der Waals surface area (Å²) in [5.74, 6) is 0.336. The quantitative estimate of drug-likeness (QED) is 0.551. The van der Waals surface area contributed by atoms with Gasteiger partial charge in [-0.2, -0.15) is 13.2 Å². The van der Waals surface area contributed by atoms with Crippen molar-refractivity contribution in [3.8, 4) is 0 Å². The standard InChI is InChI=1S/C12H13Br2F3S/c13-8-9(5-6-18-12(15,16)17)7-10-3-1-2-4-11(10)14/h1-4,9H,5-8H2. The van der Waals surface area contributed by atoms with Crippen LogP contribution in [0.25, 0.3) is 0 Å². The fourth-order valence-electron chi connectivity index (χ4n) is 1.55. The Hall–Kier alpha value is 0.320. The number of halogens is 5. The molecule has 0 heterocycles. The summed E-state index contributed by atoms with van der Waals surface area (Å²) >= 11 is 6.89. The fraction of sp³-hybridized carbons (Fsp3) is 0.500. The highest BCUT2D eigenvalue weighted by Crippen LogP contribution is 2.32. The van der Waals surface area contributed by atoms with E-state index in [0.29, 0.717) is 11.8 Å². The summed E-state index contributed by atoms with van der Waals surface area (Å²) in [5, 5.41) is 0.715. The molecule has 0 saturated heterocycles. The van der Waals surface area contributed by atoms with E-state index in [2.05, 4.69) is 31.9 Å². The normalized spacial score (nSPS) is 13.6. The molecule has 0 aliphatic carbocycles. The van der Waals surface area contributed by atoms with Gasteiger partial charge in [0.25, 0.3) is 0 Å². The van der Waals surface area contributed by atoms with Crippen molar-refractivity contribution >= 4 is 43.6 Å². The lowest BCUT2D eigenvalue weighted by molar-refractivity contribution is -0.0328. The molecule has 18 heavy (non-hydrogen) atoms. The largest absolute Gasteiger partial charge is 0.441 e. The number of hydrogen-bond acceptors (Lipinski definition) is 1. The van der Waals surface area contributed by atoms with E-state index in [1.165, 1.54) is 0 Å². The van der Waals surface area contributed by atoms with Crippen LogP contribution in [0.5, 0.6) is 0 Å². The zero-order chi connectivity index (χ0) is 13.6. The van der Waals surface area contributed by atoms with Gasteiger partial charge in [-0.15, -0.1) is 0 Å². The summed E-state index contributed by atoms with van der Waals surface area (Å²) < 4.78 is 37.1. The van der Waals surface area contributed by atoms with Gasteiger partial charge in [0.05, 0.1) is 0 Å². The van der Waals surface area contributed by atoms with Crippen molar-refractivity contribution in [1.82, 2.24) is 0 Å². The predicted octanol–water partition coefficient (Wildman–Crippen LogP) is 5.65. The minimum absolute atomic E-state index is 0.0595. The van der Waals surface area contributed by atoms with Crippen LogP contribution in [-0.4, -0.2) is 16.6 Å². The molecule has 1 aromatic carbocycles. The Labute approximate surface area is 126 Å². The molecule has 102 valence electrons. The molecule has 0 radical (unpaired) electrons. The number of hydrogen-bond donors (Lipinski definition) is 0. The molecule has 0 nitrogen and oxygen atoms in total. The molecule has 0 spiro atoms. The maximum Gasteiger partial charge on any atom is 0.441 e. The molecule has 0 aliphatic rings. The summed E-state index contributed by atoms with van der Waals surface area (Å²) in [6.45, 7) is 0. The van der Waals surface area contributed by atoms with Crippen LogP contribution in [0.1, 0.15) is 12.0 Å². The van der Waals surface area contributed by atoms with E-state index in [1.54, 1.807) is 0 Å². The lowest BCUT2D eigenvalue weighted by atomic mass is 9.99. The topological polar surface area (TPSA) is 0 Å². The van der Waals surface area contributed by atoms with Crippen molar-refractivity contribution in [2.24, 2.45) is 5.92 Å². The number of thioether (sulfide) groups is 1. The maximum absolute atomic E-state index is 12.0. The van der Waals surface area contributed by atoms with Crippen molar-refractivity contribution in [1.29, 1.82) is 0 Å². The lowest BCUT2D eigenvalue weighted by Gasteiger charge is -2.15. The van der Waals surface area contributed by atoms with Crippen LogP contribution in [0.2, 0.25) is 0 Å². The average Bonchev–Trinajstić information content (AvgIpc) is 2.29. The average molecular weight is 406 g/mol. The van der Waals surface area contributed by atoms with Crippen LogP contribution in [0.15, 0.2) is 28.7 Å². The first-order chi connectivity index (χ1) is 8.42. The van der Waals surface area contributed by atoms with Gasteiger partial charge >= 0.3 is 5.51 Å². The van der Waals surface area contributed by atoms with E-state index in [-0.39, 0.29) is 23.4 Å². The minimum Gasteiger partial charge on any atom is -0.160 e. The molecule has 0 aromatic heterocycles. The van der Waals surface area contributed by atoms with Gasteiger partial charge < -0.3 is 0 Å². The molecule has 0 fully saturated rings. The van der Waals surface area contributed by atoms with Crippen molar-refractivity contribution in [2.45, 2.75) is 18.3 Å². The van der Waals surface area contributed by atoms with Gasteiger partial charge in [0.15, 0.2) is 0 Å². The summed E-state index contributed by atoms with van der Waals surface area (Å²) in [5.41, 5.74) is -2.98. The first-order valence-corrected chi connectivity index (χ1v) is 8.32. The first kappa shape index (κ1) is 16.4. The van der Waals surface area contributed by atoms with Crippen molar-refractivity contribution in [2.75, 3.05) is 11.1 Å². The Morgan fingerprint density at radius 2 is 1.89 bits per heavy atom. The second-order valence-corrected chi connectivity index (χ2v) is 6.56. The highest BCUT2D eigenvalue weighted by molar-refractivity contribution is 9.10. The lowest BCUT2D eigenvalue weighted by Crippen LogP contribution is -2.10. The van der Waals surface area contributed by atoms with Crippen LogP contribution in [0, 0.1) is 5.92 Å². The summed E-state index contributed by atoms with van der Waals surface area (Å²) in [4.78, 5) is 0. The molecule has 1 aromatic rings. The van der Waals surface area contributed by atoms with Crippen molar-refractivity contribution in [3.05, 3.63) is 34.3 Å². The number of rotatable bonds is 6. The van der Waals surface area contributed by atoms with E-state index in [9.17, 15) is 13.2 Å². The zero-order valence-electron chi connectivity index (χ0n) is 9.51. The third-order valence-corrected chi connectivity index (χ3v) is 4.93. The molecule has 0 amide bonds. The molecule has 1 rings (SSSR count). The molecule has 0 bridgehead atoms. The predicted molar refractivity (Wildman–Crippen MR) is 78.3 cm³/mol. The molecule has 0 aliphatic heterocycles. The van der Waals surface area contributed by atoms with E-state index in [0.717, 1.165) is 16.5 Å². The van der Waals surface area contributed by atoms with Crippen LogP contribution in [-0.2, 0) is 6.42 Å². The van der Waals surface area contributed by atoms with Crippen molar-refractivity contribution in [3.63, 3.8) is 0 Å². The first-order valence-electron chi connectivity index (χ1n) is 5.42. The molecule has 6 heteroatoms. The summed E-state index contributed by atoms with van der Waals surface area (Å²) in [7, 11) is 0. The molecule has 0 saturated carbocycles. The molecule has 1 unspecified atom stereocenters. The third-order valence-electron chi connectivity index (χ3n) is 2.48. The molecule has 0 N–H and O–H groups in total. The second kappa shape index (κ2) is 7.80. The van der Waals surface area contributed by atoms with E-state index < -0.39 is 5.51 Å². The highest BCUT2D eigenvalue weighted by atomic mass is 79.9. The van der Waals surface area contributed by atoms with Gasteiger partial charge in [-0.25, -0.2) is 0 Å². The van der Waals surface area contributed by atoms with Crippen LogP contribution < -0.4 is 0 Å². The van der Waals surface area contributed by atoms with Crippen LogP contribution >= 0.6 is 43.6 Å². The van der Waals surface area contributed by atoms with Gasteiger partial charge in [-0.05, 0) is 30.4 Å². The van der Waals surface area contributed by atoms with Gasteiger partial charge in [0, 0.05) is 15.6 Å². The number of alkyl halides is 4. The van der Waals surface area contributed by atoms with Gasteiger partial charge in [0.1, 0.15) is 0 Å². The van der Waals surface area contributed by atoms with Crippen molar-refractivity contribution < 1.29 is 13.2 Å². The van der Waals surface area contributed by atoms with Crippen LogP contribution in [0.4, 0.5) is 13.2 Å². The fourth-order valence-corrected chi connectivity index (χ4v) is 3.23. The Morgan fingerprint density at radius 1 is 1.22 bits per heavy atom. The summed E-state index contributed by atoms with van der Waals surface area (Å²) in [6.07, 6.45) is 1.34. The minimum atomic E-state index is -4.12. The molecule has 1 atom stereocenters.